The lowest BCUT2D eigenvalue weighted by molar-refractivity contribution is -0.278. The number of likely N-dealkylation sites (tertiary alicyclic amines) is 1. The van der Waals surface area contributed by atoms with Crippen LogP contribution in [0, 0.1) is 5.92 Å². The van der Waals surface area contributed by atoms with Crippen LogP contribution in [0.4, 0.5) is 5.69 Å². The Hall–Kier alpha value is -2.86. The number of carbonyl (C=O) groups excluding carboxylic acids is 1. The van der Waals surface area contributed by atoms with Crippen LogP contribution in [0.25, 0.3) is 0 Å². The third-order valence-corrected chi connectivity index (χ3v) is 8.25. The van der Waals surface area contributed by atoms with Gasteiger partial charge in [0, 0.05) is 62.5 Å². The zero-order chi connectivity index (χ0) is 28.8. The van der Waals surface area contributed by atoms with Crippen molar-refractivity contribution in [2.45, 2.75) is 69.9 Å². The average Bonchev–Trinajstić information content (AvgIpc) is 3.43. The number of carboxylic acids is 1. The summed E-state index contributed by atoms with van der Waals surface area (Å²) in [4.78, 5) is 25.3. The van der Waals surface area contributed by atoms with E-state index in [1.165, 1.54) is 0 Å². The molecule has 0 unspecified atom stereocenters. The van der Waals surface area contributed by atoms with Gasteiger partial charge in [0.15, 0.2) is 12.1 Å². The number of rotatable bonds is 10. The summed E-state index contributed by atoms with van der Waals surface area (Å²) >= 11 is 0. The van der Waals surface area contributed by atoms with Gasteiger partial charge in [-0.1, -0.05) is 43.3 Å². The molecule has 2 aromatic carbocycles. The number of anilines is 1. The largest absolute Gasteiger partial charge is 0.481 e. The quantitative estimate of drug-likeness (QED) is 0.390. The summed E-state index contributed by atoms with van der Waals surface area (Å²) in [6, 6.07) is 15.2. The van der Waals surface area contributed by atoms with Crippen LogP contribution in [0.3, 0.4) is 0 Å². The van der Waals surface area contributed by atoms with Gasteiger partial charge in [0.2, 0.25) is 5.91 Å². The number of aliphatic carboxylic acids is 1. The van der Waals surface area contributed by atoms with E-state index in [1.54, 1.807) is 12.1 Å². The van der Waals surface area contributed by atoms with Crippen molar-refractivity contribution < 1.29 is 38.7 Å². The van der Waals surface area contributed by atoms with Crippen molar-refractivity contribution in [2.75, 3.05) is 38.2 Å². The fourth-order valence-electron chi connectivity index (χ4n) is 5.79. The van der Waals surface area contributed by atoms with Crippen LogP contribution in [-0.4, -0.2) is 71.7 Å². The standard InChI is InChI=1S/C31H40N2O8/c1-21-26(19-33-15-13-31(14-16-33)38-17-18-39-31)40-30(41-29(21)23-7-5-22(20-34)6-8-23)24-9-11-25(12-10-24)32-27(35)3-2-4-28(36)37/h5-12,21,26,29-30,34H,2-4,13-20H2,1H3,(H,32,35)(H,36,37)/t21-,26+,29+,30+/m1/s1. The van der Waals surface area contributed by atoms with Crippen LogP contribution in [-0.2, 0) is 35.1 Å². The second-order valence-electron chi connectivity index (χ2n) is 11.1. The summed E-state index contributed by atoms with van der Waals surface area (Å²) in [5, 5.41) is 21.1. The molecule has 4 atom stereocenters. The number of hydrogen-bond donors (Lipinski definition) is 3. The predicted molar refractivity (Wildman–Crippen MR) is 150 cm³/mol. The van der Waals surface area contributed by atoms with Crippen molar-refractivity contribution in [1.29, 1.82) is 0 Å². The fourth-order valence-corrected chi connectivity index (χ4v) is 5.79. The van der Waals surface area contributed by atoms with Crippen molar-refractivity contribution in [3.8, 4) is 0 Å². The lowest BCUT2D eigenvalue weighted by Crippen LogP contribution is -2.50. The molecule has 3 saturated heterocycles. The normalized spacial score (nSPS) is 26.2. The first kappa shape index (κ1) is 29.6. The molecule has 3 aliphatic heterocycles. The van der Waals surface area contributed by atoms with Gasteiger partial charge in [-0.25, -0.2) is 0 Å². The lowest BCUT2D eigenvalue weighted by atomic mass is 9.89. The van der Waals surface area contributed by atoms with E-state index in [0.717, 1.165) is 49.2 Å². The fraction of sp³-hybridized carbons (Fsp3) is 0.548. The Morgan fingerprint density at radius 1 is 0.951 bits per heavy atom. The number of hydrogen-bond acceptors (Lipinski definition) is 8. The van der Waals surface area contributed by atoms with Crippen molar-refractivity contribution in [3.05, 3.63) is 65.2 Å². The number of piperidine rings is 1. The molecule has 1 amide bonds. The maximum Gasteiger partial charge on any atom is 0.303 e. The maximum absolute atomic E-state index is 12.2. The minimum atomic E-state index is -0.911. The van der Waals surface area contributed by atoms with E-state index in [2.05, 4.69) is 17.1 Å². The molecule has 0 aromatic heterocycles. The van der Waals surface area contributed by atoms with Crippen molar-refractivity contribution in [2.24, 2.45) is 5.92 Å². The van der Waals surface area contributed by atoms with Crippen LogP contribution >= 0.6 is 0 Å². The topological polar surface area (TPSA) is 127 Å². The van der Waals surface area contributed by atoms with Gasteiger partial charge in [0.25, 0.3) is 0 Å². The predicted octanol–water partition coefficient (Wildman–Crippen LogP) is 4.00. The monoisotopic (exact) mass is 568 g/mol. The highest BCUT2D eigenvalue weighted by Crippen LogP contribution is 2.42. The Bertz CT molecular complexity index is 1160. The summed E-state index contributed by atoms with van der Waals surface area (Å²) in [6.45, 7) is 5.96. The minimum absolute atomic E-state index is 0.0119. The van der Waals surface area contributed by atoms with Crippen LogP contribution < -0.4 is 5.32 Å². The molecule has 0 radical (unpaired) electrons. The Kier molecular flexibility index (Phi) is 9.69. The van der Waals surface area contributed by atoms with Gasteiger partial charge >= 0.3 is 5.97 Å². The second-order valence-corrected chi connectivity index (χ2v) is 11.1. The molecule has 1 spiro atoms. The molecule has 41 heavy (non-hydrogen) atoms. The molecule has 10 heteroatoms. The van der Waals surface area contributed by atoms with Crippen LogP contribution in [0.1, 0.15) is 68.1 Å². The average molecular weight is 569 g/mol. The number of ether oxygens (including phenoxy) is 4. The number of aliphatic hydroxyl groups excluding tert-OH is 1. The highest BCUT2D eigenvalue weighted by atomic mass is 16.7. The Morgan fingerprint density at radius 2 is 1.61 bits per heavy atom. The maximum atomic E-state index is 12.2. The van der Waals surface area contributed by atoms with E-state index < -0.39 is 18.0 Å². The van der Waals surface area contributed by atoms with Gasteiger partial charge in [-0.15, -0.1) is 0 Å². The van der Waals surface area contributed by atoms with E-state index in [1.807, 2.05) is 36.4 Å². The molecule has 3 fully saturated rings. The number of amides is 1. The molecule has 3 aliphatic rings. The summed E-state index contributed by atoms with van der Waals surface area (Å²) in [6.07, 6.45) is 1.18. The van der Waals surface area contributed by atoms with Crippen molar-refractivity contribution >= 4 is 17.6 Å². The second kappa shape index (κ2) is 13.4. The first-order chi connectivity index (χ1) is 19.8. The third-order valence-electron chi connectivity index (χ3n) is 8.25. The molecule has 222 valence electrons. The molecule has 3 heterocycles. The Balaban J connectivity index is 1.27. The number of aliphatic hydroxyl groups is 1. The molecule has 10 nitrogen and oxygen atoms in total. The third kappa shape index (κ3) is 7.51. The minimum Gasteiger partial charge on any atom is -0.481 e. The molecule has 5 rings (SSSR count). The summed E-state index contributed by atoms with van der Waals surface area (Å²) in [5.41, 5.74) is 3.35. The Labute approximate surface area is 240 Å². The van der Waals surface area contributed by atoms with E-state index in [4.69, 9.17) is 24.1 Å². The van der Waals surface area contributed by atoms with E-state index in [9.17, 15) is 14.7 Å². The number of nitrogens with one attached hydrogen (secondary N) is 1. The number of carboxylic acid groups (broad SMARTS) is 1. The Morgan fingerprint density at radius 3 is 2.24 bits per heavy atom. The SMILES string of the molecule is C[C@@H]1[C@H](CN2CCC3(CC2)OCCO3)O[C@H](c2ccc(NC(=O)CCCC(=O)O)cc2)O[C@@H]1c1ccc(CO)cc1. The van der Waals surface area contributed by atoms with E-state index in [-0.39, 0.29) is 43.5 Å². The first-order valence-corrected chi connectivity index (χ1v) is 14.5. The number of nitrogens with zero attached hydrogens (tertiary/aromatic N) is 1. The van der Waals surface area contributed by atoms with Gasteiger partial charge in [0.1, 0.15) is 0 Å². The lowest BCUT2D eigenvalue weighted by Gasteiger charge is -2.44. The molecule has 0 aliphatic carbocycles. The van der Waals surface area contributed by atoms with E-state index >= 15 is 0 Å². The molecule has 0 bridgehead atoms. The van der Waals surface area contributed by atoms with Crippen molar-refractivity contribution in [3.63, 3.8) is 0 Å². The number of carbonyl (C=O) groups is 2. The zero-order valence-electron chi connectivity index (χ0n) is 23.5. The molecule has 2 aromatic rings. The van der Waals surface area contributed by atoms with Gasteiger partial charge in [-0.2, -0.15) is 0 Å². The van der Waals surface area contributed by atoms with E-state index in [0.29, 0.717) is 25.3 Å². The van der Waals surface area contributed by atoms with Gasteiger partial charge in [0.05, 0.1) is 32.0 Å². The first-order valence-electron chi connectivity index (χ1n) is 14.5. The zero-order valence-corrected chi connectivity index (χ0v) is 23.5. The van der Waals surface area contributed by atoms with Gasteiger partial charge < -0.3 is 39.4 Å². The summed E-state index contributed by atoms with van der Waals surface area (Å²) in [7, 11) is 0. The van der Waals surface area contributed by atoms with Crippen molar-refractivity contribution in [1.82, 2.24) is 4.90 Å². The van der Waals surface area contributed by atoms with Gasteiger partial charge in [-0.05, 0) is 29.7 Å². The number of benzene rings is 2. The highest BCUT2D eigenvalue weighted by molar-refractivity contribution is 5.90. The summed E-state index contributed by atoms with van der Waals surface area (Å²) in [5.74, 6) is -1.48. The molecular weight excluding hydrogens is 528 g/mol. The molecular formula is C31H40N2O8. The van der Waals surface area contributed by atoms with Crippen LogP contribution in [0.2, 0.25) is 0 Å². The molecule has 3 N–H and O–H groups in total. The van der Waals surface area contributed by atoms with Crippen LogP contribution in [0.15, 0.2) is 48.5 Å². The summed E-state index contributed by atoms with van der Waals surface area (Å²) < 4.78 is 24.9. The molecule has 0 saturated carbocycles. The highest BCUT2D eigenvalue weighted by Gasteiger charge is 2.43. The van der Waals surface area contributed by atoms with Crippen LogP contribution in [0.5, 0.6) is 0 Å². The van der Waals surface area contributed by atoms with Gasteiger partial charge in [-0.3, -0.25) is 9.59 Å². The smallest absolute Gasteiger partial charge is 0.303 e.